The van der Waals surface area contributed by atoms with Gasteiger partial charge >= 0.3 is 0 Å². The quantitative estimate of drug-likeness (QED) is 0.280. The number of hydrogen-bond donors (Lipinski definition) is 1. The van der Waals surface area contributed by atoms with E-state index in [1.807, 2.05) is 45.2 Å². The first-order valence-corrected chi connectivity index (χ1v) is 13.1. The van der Waals surface area contributed by atoms with E-state index in [2.05, 4.69) is 29.6 Å². The van der Waals surface area contributed by atoms with Gasteiger partial charge in [0.25, 0.3) is 5.56 Å². The van der Waals surface area contributed by atoms with Crippen LogP contribution < -0.4 is 10.9 Å². The first-order valence-electron chi connectivity index (χ1n) is 10.4. The van der Waals surface area contributed by atoms with Gasteiger partial charge in [-0.2, -0.15) is 0 Å². The van der Waals surface area contributed by atoms with Gasteiger partial charge in [-0.15, -0.1) is 22.7 Å². The van der Waals surface area contributed by atoms with Crippen LogP contribution in [0.2, 0.25) is 0 Å². The Morgan fingerprint density at radius 1 is 1.19 bits per heavy atom. The first-order chi connectivity index (χ1) is 15.4. The zero-order chi connectivity index (χ0) is 22.8. The Kier molecular flexibility index (Phi) is 6.83. The number of aryl methyl sites for hydroxylation is 3. The van der Waals surface area contributed by atoms with E-state index >= 15 is 0 Å². The summed E-state index contributed by atoms with van der Waals surface area (Å²) >= 11 is 4.46. The maximum Gasteiger partial charge on any atom is 0.263 e. The fourth-order valence-electron chi connectivity index (χ4n) is 3.56. The van der Waals surface area contributed by atoms with E-state index in [4.69, 9.17) is 4.98 Å². The molecule has 0 aliphatic carbocycles. The van der Waals surface area contributed by atoms with Crippen molar-refractivity contribution >= 4 is 50.6 Å². The smallest absolute Gasteiger partial charge is 0.263 e. The highest BCUT2D eigenvalue weighted by Gasteiger charge is 2.20. The minimum absolute atomic E-state index is 0.0293. The summed E-state index contributed by atoms with van der Waals surface area (Å²) in [6.45, 7) is 8.46. The molecule has 0 aliphatic heterocycles. The molecule has 32 heavy (non-hydrogen) atoms. The number of hydrogen-bond acceptors (Lipinski definition) is 6. The molecule has 1 amide bonds. The number of aromatic nitrogens is 2. The molecule has 0 aliphatic rings. The lowest BCUT2D eigenvalue weighted by atomic mass is 10.0. The minimum Gasteiger partial charge on any atom is -0.344 e. The van der Waals surface area contributed by atoms with Gasteiger partial charge in [0.2, 0.25) is 5.91 Å². The van der Waals surface area contributed by atoms with Gasteiger partial charge in [-0.1, -0.05) is 47.7 Å². The molecule has 3 aromatic heterocycles. The summed E-state index contributed by atoms with van der Waals surface area (Å²) in [5.74, 6) is 0.0965. The SMILES string of the molecule is CCn1c(SCC(=O)NC(c2ccc(C)cc2)c2cccs2)nc2sc(C)c(C)c2c1=O. The lowest BCUT2D eigenvalue weighted by molar-refractivity contribution is -0.119. The third-order valence-corrected chi connectivity index (χ3v) is 8.46. The Balaban J connectivity index is 1.56. The largest absolute Gasteiger partial charge is 0.344 e. The molecule has 0 fully saturated rings. The Labute approximate surface area is 199 Å². The summed E-state index contributed by atoms with van der Waals surface area (Å²) in [4.78, 5) is 33.6. The molecular formula is C24H25N3O2S3. The molecule has 166 valence electrons. The number of benzene rings is 1. The maximum absolute atomic E-state index is 13.0. The van der Waals surface area contributed by atoms with Crippen LogP contribution in [-0.2, 0) is 11.3 Å². The van der Waals surface area contributed by atoms with Crippen LogP contribution in [0.3, 0.4) is 0 Å². The predicted molar refractivity (Wildman–Crippen MR) is 135 cm³/mol. The molecule has 0 saturated heterocycles. The van der Waals surface area contributed by atoms with Crippen molar-refractivity contribution in [2.45, 2.75) is 45.4 Å². The van der Waals surface area contributed by atoms with Gasteiger partial charge in [0.05, 0.1) is 17.2 Å². The van der Waals surface area contributed by atoms with Crippen LogP contribution in [0.15, 0.2) is 51.7 Å². The van der Waals surface area contributed by atoms with Gasteiger partial charge in [-0.05, 0) is 50.3 Å². The van der Waals surface area contributed by atoms with E-state index in [1.54, 1.807) is 15.9 Å². The normalized spacial score (nSPS) is 12.2. The third kappa shape index (κ3) is 4.53. The van der Waals surface area contributed by atoms with Gasteiger partial charge < -0.3 is 5.32 Å². The molecule has 1 atom stereocenters. The summed E-state index contributed by atoms with van der Waals surface area (Å²) in [7, 11) is 0. The number of thioether (sulfide) groups is 1. The van der Waals surface area contributed by atoms with Crippen molar-refractivity contribution in [2.75, 3.05) is 5.75 Å². The van der Waals surface area contributed by atoms with Crippen molar-refractivity contribution in [3.05, 3.63) is 78.6 Å². The van der Waals surface area contributed by atoms with Gasteiger partial charge in [0.15, 0.2) is 5.16 Å². The van der Waals surface area contributed by atoms with E-state index in [9.17, 15) is 9.59 Å². The van der Waals surface area contributed by atoms with Crippen molar-refractivity contribution in [3.63, 3.8) is 0 Å². The fourth-order valence-corrected chi connectivity index (χ4v) is 6.31. The number of fused-ring (bicyclic) bond motifs is 1. The molecule has 0 spiro atoms. The van der Waals surface area contributed by atoms with Crippen LogP contribution in [0.4, 0.5) is 0 Å². The molecule has 0 saturated carbocycles. The molecular weight excluding hydrogens is 458 g/mol. The predicted octanol–water partition coefficient (Wildman–Crippen LogP) is 5.46. The number of nitrogens with one attached hydrogen (secondary N) is 1. The highest BCUT2D eigenvalue weighted by Crippen LogP contribution is 2.29. The van der Waals surface area contributed by atoms with E-state index in [0.717, 1.165) is 25.7 Å². The van der Waals surface area contributed by atoms with Crippen molar-refractivity contribution in [1.82, 2.24) is 14.9 Å². The zero-order valence-electron chi connectivity index (χ0n) is 18.5. The molecule has 0 bridgehead atoms. The van der Waals surface area contributed by atoms with Crippen LogP contribution >= 0.6 is 34.4 Å². The maximum atomic E-state index is 13.0. The second kappa shape index (κ2) is 9.60. The van der Waals surface area contributed by atoms with Crippen LogP contribution in [0.1, 0.15) is 39.4 Å². The zero-order valence-corrected chi connectivity index (χ0v) is 20.9. The average molecular weight is 484 g/mol. The molecule has 4 rings (SSSR count). The Bertz CT molecular complexity index is 1310. The van der Waals surface area contributed by atoms with Gasteiger partial charge in [0, 0.05) is 16.3 Å². The number of rotatable bonds is 7. The summed E-state index contributed by atoms with van der Waals surface area (Å²) in [6, 6.07) is 12.1. The monoisotopic (exact) mass is 483 g/mol. The Morgan fingerprint density at radius 2 is 1.94 bits per heavy atom. The van der Waals surface area contributed by atoms with E-state index < -0.39 is 0 Å². The van der Waals surface area contributed by atoms with E-state index in [-0.39, 0.29) is 23.3 Å². The number of thiophene rings is 2. The van der Waals surface area contributed by atoms with Crippen LogP contribution in [0.5, 0.6) is 0 Å². The Hall–Kier alpha value is -2.42. The van der Waals surface area contributed by atoms with E-state index in [1.165, 1.54) is 28.7 Å². The summed E-state index contributed by atoms with van der Waals surface area (Å²) in [5.41, 5.74) is 3.19. The standard InChI is InChI=1S/C24H25N3O2S3/c1-5-27-23(29)20-15(3)16(4)32-22(20)26-24(27)31-13-19(28)25-21(18-7-6-12-30-18)17-10-8-14(2)9-11-17/h6-12,21H,5,13H2,1-4H3,(H,25,28). The number of carbonyl (C=O) groups excluding carboxylic acids is 1. The third-order valence-electron chi connectivity index (χ3n) is 5.45. The van der Waals surface area contributed by atoms with Gasteiger partial charge in [0.1, 0.15) is 4.83 Å². The van der Waals surface area contributed by atoms with Crippen LogP contribution in [-0.4, -0.2) is 21.2 Å². The fraction of sp³-hybridized carbons (Fsp3) is 0.292. The molecule has 3 heterocycles. The second-order valence-electron chi connectivity index (χ2n) is 7.62. The summed E-state index contributed by atoms with van der Waals surface area (Å²) < 4.78 is 1.66. The first kappa shape index (κ1) is 22.8. The van der Waals surface area contributed by atoms with Crippen molar-refractivity contribution < 1.29 is 4.79 Å². The molecule has 0 radical (unpaired) electrons. The molecule has 1 aromatic carbocycles. The topological polar surface area (TPSA) is 64.0 Å². The van der Waals surface area contributed by atoms with Crippen LogP contribution in [0, 0.1) is 20.8 Å². The summed E-state index contributed by atoms with van der Waals surface area (Å²) in [6.07, 6.45) is 0. The number of carbonyl (C=O) groups is 1. The van der Waals surface area contributed by atoms with Crippen molar-refractivity contribution in [2.24, 2.45) is 0 Å². The van der Waals surface area contributed by atoms with E-state index in [0.29, 0.717) is 17.1 Å². The number of amides is 1. The molecule has 1 N–H and O–H groups in total. The molecule has 1 unspecified atom stereocenters. The second-order valence-corrected chi connectivity index (χ2v) is 10.7. The lowest BCUT2D eigenvalue weighted by Crippen LogP contribution is -2.30. The number of nitrogens with zero attached hydrogens (tertiary/aromatic N) is 2. The average Bonchev–Trinajstić information content (AvgIpc) is 3.40. The molecule has 8 heteroatoms. The van der Waals surface area contributed by atoms with Crippen LogP contribution in [0.25, 0.3) is 10.2 Å². The molecule has 4 aromatic rings. The van der Waals surface area contributed by atoms with Crippen molar-refractivity contribution in [3.8, 4) is 0 Å². The molecule has 5 nitrogen and oxygen atoms in total. The lowest BCUT2D eigenvalue weighted by Gasteiger charge is -2.18. The minimum atomic E-state index is -0.199. The highest BCUT2D eigenvalue weighted by atomic mass is 32.2. The van der Waals surface area contributed by atoms with Crippen molar-refractivity contribution in [1.29, 1.82) is 0 Å². The van der Waals surface area contributed by atoms with Gasteiger partial charge in [-0.25, -0.2) is 4.98 Å². The highest BCUT2D eigenvalue weighted by molar-refractivity contribution is 7.99. The Morgan fingerprint density at radius 3 is 2.59 bits per heavy atom. The summed E-state index contributed by atoms with van der Waals surface area (Å²) in [5, 5.41) is 6.46. The van der Waals surface area contributed by atoms with Gasteiger partial charge in [-0.3, -0.25) is 14.2 Å².